The second kappa shape index (κ2) is 15.4. The normalized spacial score (nSPS) is 18.0. The minimum atomic E-state index is -1.96. The standard InChI is InChI=1S/C34H40Cl2N2O8/c35-26-16-21(27(36)15-20(26)5-3-4-13-38-33(44)32(43)31(42)30(41)28(40)18-39)19-45-34(11-12-34)25-17-37-14-10-23(25)24-6-1-2-7-29(24)46-22-8-9-22/h1-2,6-7,10,14-17,22,28,30-32,39-43H,3-5,8-9,11-13,18-19H2,(H,38,44)/t28-,30+,31-,32-/m1/s1. The van der Waals surface area contributed by atoms with E-state index in [1.807, 2.05) is 42.6 Å². The number of para-hydroxylation sites is 1. The molecular weight excluding hydrogens is 635 g/mol. The number of benzene rings is 2. The van der Waals surface area contributed by atoms with Crippen molar-refractivity contribution in [3.8, 4) is 16.9 Å². The van der Waals surface area contributed by atoms with Crippen LogP contribution in [0.1, 0.15) is 55.2 Å². The van der Waals surface area contributed by atoms with Crippen molar-refractivity contribution in [3.05, 3.63) is 81.6 Å². The van der Waals surface area contributed by atoms with E-state index in [1.165, 1.54) is 0 Å². The predicted molar refractivity (Wildman–Crippen MR) is 173 cm³/mol. The van der Waals surface area contributed by atoms with E-state index in [-0.39, 0.29) is 19.3 Å². The lowest BCUT2D eigenvalue weighted by atomic mass is 9.96. The molecule has 2 saturated carbocycles. The Bertz CT molecular complexity index is 1500. The van der Waals surface area contributed by atoms with Gasteiger partial charge in [0.15, 0.2) is 6.10 Å². The van der Waals surface area contributed by atoms with E-state index in [2.05, 4.69) is 16.4 Å². The topological polar surface area (TPSA) is 162 Å². The summed E-state index contributed by atoms with van der Waals surface area (Å²) in [5, 5.41) is 51.3. The van der Waals surface area contributed by atoms with Gasteiger partial charge >= 0.3 is 0 Å². The number of hydrogen-bond donors (Lipinski definition) is 6. The maximum Gasteiger partial charge on any atom is 0.251 e. The summed E-state index contributed by atoms with van der Waals surface area (Å²) in [6.07, 6.45) is 2.14. The highest BCUT2D eigenvalue weighted by molar-refractivity contribution is 6.34. The molecule has 248 valence electrons. The molecule has 46 heavy (non-hydrogen) atoms. The van der Waals surface area contributed by atoms with E-state index in [4.69, 9.17) is 37.8 Å². The summed E-state index contributed by atoms with van der Waals surface area (Å²) in [5.74, 6) is -0.0305. The van der Waals surface area contributed by atoms with Crippen LogP contribution in [-0.4, -0.2) is 80.1 Å². The fraction of sp³-hybridized carbons (Fsp3) is 0.471. The number of ether oxygens (including phenoxy) is 2. The third-order valence-electron chi connectivity index (χ3n) is 8.43. The summed E-state index contributed by atoms with van der Waals surface area (Å²) in [5.41, 5.74) is 4.24. The predicted octanol–water partition coefficient (Wildman–Crippen LogP) is 3.68. The highest BCUT2D eigenvalue weighted by atomic mass is 35.5. The number of aliphatic hydroxyl groups is 5. The second-order valence-electron chi connectivity index (χ2n) is 12.0. The third kappa shape index (κ3) is 8.37. The maximum atomic E-state index is 12.1. The van der Waals surface area contributed by atoms with Gasteiger partial charge in [-0.1, -0.05) is 41.4 Å². The smallest absolute Gasteiger partial charge is 0.251 e. The van der Waals surface area contributed by atoms with Crippen molar-refractivity contribution < 1.29 is 39.8 Å². The van der Waals surface area contributed by atoms with Gasteiger partial charge in [0.1, 0.15) is 24.1 Å². The number of aliphatic hydroxyl groups excluding tert-OH is 5. The molecule has 0 aliphatic heterocycles. The molecule has 1 heterocycles. The number of carbonyl (C=O) groups excluding carboxylic acids is 1. The fourth-order valence-corrected chi connectivity index (χ4v) is 5.86. The number of rotatable bonds is 17. The number of halogens is 2. The summed E-state index contributed by atoms with van der Waals surface area (Å²) < 4.78 is 12.7. The van der Waals surface area contributed by atoms with Crippen LogP contribution < -0.4 is 10.1 Å². The number of hydrogen-bond acceptors (Lipinski definition) is 9. The second-order valence-corrected chi connectivity index (χ2v) is 12.8. The fourth-order valence-electron chi connectivity index (χ4n) is 5.34. The van der Waals surface area contributed by atoms with Crippen molar-refractivity contribution >= 4 is 29.1 Å². The number of aryl methyl sites for hydroxylation is 1. The van der Waals surface area contributed by atoms with Crippen molar-refractivity contribution in [1.29, 1.82) is 0 Å². The van der Waals surface area contributed by atoms with Crippen LogP contribution in [0.4, 0.5) is 0 Å². The van der Waals surface area contributed by atoms with Gasteiger partial charge in [0.05, 0.1) is 24.9 Å². The molecule has 2 aromatic carbocycles. The molecule has 1 aromatic heterocycles. The average Bonchev–Trinajstić information content (AvgIpc) is 4.01. The Morgan fingerprint density at radius 3 is 2.41 bits per heavy atom. The van der Waals surface area contributed by atoms with E-state index < -0.39 is 42.5 Å². The lowest BCUT2D eigenvalue weighted by Gasteiger charge is -2.24. The first-order valence-electron chi connectivity index (χ1n) is 15.6. The average molecular weight is 676 g/mol. The zero-order chi connectivity index (χ0) is 32.8. The molecule has 3 aromatic rings. The number of aromatic nitrogens is 1. The number of amides is 1. The van der Waals surface area contributed by atoms with Crippen LogP contribution in [-0.2, 0) is 28.2 Å². The SMILES string of the molecule is O=C(NCCCCc1cc(Cl)c(COC2(c3cnccc3-c3ccccc3OC3CC3)CC2)cc1Cl)[C@H](O)[C@H](O)[C@@H](O)[C@H](O)CO. The monoisotopic (exact) mass is 674 g/mol. The zero-order valence-corrected chi connectivity index (χ0v) is 26.8. The Labute approximate surface area is 277 Å². The number of unbranched alkanes of at least 4 members (excludes halogenated alkanes) is 1. The first kappa shape index (κ1) is 34.5. The quantitative estimate of drug-likeness (QED) is 0.117. The van der Waals surface area contributed by atoms with Gasteiger partial charge in [0.2, 0.25) is 0 Å². The lowest BCUT2D eigenvalue weighted by Crippen LogP contribution is -2.51. The van der Waals surface area contributed by atoms with Gasteiger partial charge in [0.25, 0.3) is 5.91 Å². The van der Waals surface area contributed by atoms with Crippen LogP contribution in [0.2, 0.25) is 10.0 Å². The molecule has 0 radical (unpaired) electrons. The number of nitrogens with one attached hydrogen (secondary N) is 1. The Morgan fingerprint density at radius 1 is 0.978 bits per heavy atom. The van der Waals surface area contributed by atoms with Crippen molar-refractivity contribution in [2.45, 2.75) is 87.7 Å². The molecule has 0 saturated heterocycles. The minimum Gasteiger partial charge on any atom is -0.490 e. The molecule has 1 amide bonds. The Kier molecular flexibility index (Phi) is 11.6. The van der Waals surface area contributed by atoms with E-state index >= 15 is 0 Å². The molecule has 0 bridgehead atoms. The Hall–Kier alpha value is -2.80. The molecule has 6 N–H and O–H groups in total. The highest BCUT2D eigenvalue weighted by Gasteiger charge is 2.48. The summed E-state index contributed by atoms with van der Waals surface area (Å²) in [7, 11) is 0. The van der Waals surface area contributed by atoms with Crippen molar-refractivity contribution in [2.75, 3.05) is 13.2 Å². The number of pyridine rings is 1. The number of carbonyl (C=O) groups is 1. The first-order valence-corrected chi connectivity index (χ1v) is 16.3. The van der Waals surface area contributed by atoms with Crippen LogP contribution >= 0.6 is 23.2 Å². The van der Waals surface area contributed by atoms with E-state index in [0.717, 1.165) is 59.3 Å². The van der Waals surface area contributed by atoms with Gasteiger partial charge in [-0.3, -0.25) is 9.78 Å². The summed E-state index contributed by atoms with van der Waals surface area (Å²) in [6.45, 7) is -0.349. The van der Waals surface area contributed by atoms with Crippen LogP contribution in [0.5, 0.6) is 5.75 Å². The van der Waals surface area contributed by atoms with Crippen LogP contribution in [0.15, 0.2) is 54.9 Å². The van der Waals surface area contributed by atoms with Crippen molar-refractivity contribution in [3.63, 3.8) is 0 Å². The van der Waals surface area contributed by atoms with Gasteiger partial charge in [-0.15, -0.1) is 0 Å². The maximum absolute atomic E-state index is 12.1. The van der Waals surface area contributed by atoms with E-state index in [9.17, 15) is 25.2 Å². The molecule has 10 nitrogen and oxygen atoms in total. The molecule has 4 atom stereocenters. The molecule has 2 aliphatic rings. The molecule has 2 aliphatic carbocycles. The minimum absolute atomic E-state index is 0.203. The van der Waals surface area contributed by atoms with E-state index in [0.29, 0.717) is 29.3 Å². The van der Waals surface area contributed by atoms with Gasteiger partial charge in [-0.05, 0) is 85.9 Å². The third-order valence-corrected chi connectivity index (χ3v) is 9.13. The van der Waals surface area contributed by atoms with Gasteiger partial charge in [-0.2, -0.15) is 0 Å². The van der Waals surface area contributed by atoms with Crippen molar-refractivity contribution in [1.82, 2.24) is 10.3 Å². The molecule has 12 heteroatoms. The number of nitrogens with zero attached hydrogens (tertiary/aromatic N) is 1. The largest absolute Gasteiger partial charge is 0.490 e. The highest BCUT2D eigenvalue weighted by Crippen LogP contribution is 2.53. The van der Waals surface area contributed by atoms with E-state index in [1.54, 1.807) is 6.20 Å². The Balaban J connectivity index is 1.14. The van der Waals surface area contributed by atoms with Gasteiger partial charge < -0.3 is 40.3 Å². The lowest BCUT2D eigenvalue weighted by molar-refractivity contribution is -0.148. The summed E-state index contributed by atoms with van der Waals surface area (Å²) >= 11 is 13.3. The summed E-state index contributed by atoms with van der Waals surface area (Å²) in [6, 6.07) is 13.7. The van der Waals surface area contributed by atoms with Crippen LogP contribution in [0.25, 0.3) is 11.1 Å². The van der Waals surface area contributed by atoms with Gasteiger partial charge in [-0.25, -0.2) is 0 Å². The van der Waals surface area contributed by atoms with Gasteiger partial charge in [0, 0.05) is 40.1 Å². The molecular formula is C34H40Cl2N2O8. The zero-order valence-electron chi connectivity index (χ0n) is 25.3. The van der Waals surface area contributed by atoms with Crippen molar-refractivity contribution in [2.24, 2.45) is 0 Å². The molecule has 2 fully saturated rings. The molecule has 5 rings (SSSR count). The Morgan fingerprint density at radius 2 is 1.70 bits per heavy atom. The first-order chi connectivity index (χ1) is 22.1. The molecule has 0 spiro atoms. The van der Waals surface area contributed by atoms with Crippen LogP contribution in [0, 0.1) is 0 Å². The van der Waals surface area contributed by atoms with Crippen LogP contribution in [0.3, 0.4) is 0 Å². The molecule has 0 unspecified atom stereocenters. The summed E-state index contributed by atoms with van der Waals surface area (Å²) in [4.78, 5) is 16.5.